The lowest BCUT2D eigenvalue weighted by Crippen LogP contribution is -2.10. The second-order valence-corrected chi connectivity index (χ2v) is 6.92. The second-order valence-electron chi connectivity index (χ2n) is 6.40. The largest absolute Gasteiger partial charge is 0.396 e. The first-order chi connectivity index (χ1) is 14.5. The Bertz CT molecular complexity index is 1450. The number of aromatic nitrogens is 5. The Morgan fingerprint density at radius 1 is 1.10 bits per heavy atom. The van der Waals surface area contributed by atoms with Gasteiger partial charge in [-0.25, -0.2) is 18.7 Å². The van der Waals surface area contributed by atoms with Gasteiger partial charge in [-0.3, -0.25) is 4.79 Å². The lowest BCUT2D eigenvalue weighted by molar-refractivity contribution is 0.103. The van der Waals surface area contributed by atoms with Gasteiger partial charge in [0.15, 0.2) is 5.82 Å². The summed E-state index contributed by atoms with van der Waals surface area (Å²) in [5, 5.41) is 3.40. The van der Waals surface area contributed by atoms with Gasteiger partial charge in [0.2, 0.25) is 5.78 Å². The Morgan fingerprint density at radius 2 is 1.93 bits per heavy atom. The minimum absolute atomic E-state index is 0.00732. The summed E-state index contributed by atoms with van der Waals surface area (Å²) in [4.78, 5) is 24.1. The summed E-state index contributed by atoms with van der Waals surface area (Å²) in [6.45, 7) is 0. The van der Waals surface area contributed by atoms with Gasteiger partial charge in [0.25, 0.3) is 0 Å². The molecule has 0 aliphatic rings. The van der Waals surface area contributed by atoms with E-state index in [0.29, 0.717) is 22.2 Å². The average Bonchev–Trinajstić information content (AvgIpc) is 3.38. The quantitative estimate of drug-likeness (QED) is 0.297. The Labute approximate surface area is 171 Å². The van der Waals surface area contributed by atoms with Crippen LogP contribution in [0.1, 0.15) is 15.9 Å². The number of carbonyl (C=O) groups excluding carboxylic acids is 1. The number of nitrogens with zero attached hydrogens (tertiary/aromatic N) is 4. The average molecular weight is 423 g/mol. The number of nitrogens with one attached hydrogen (secondary N) is 2. The van der Waals surface area contributed by atoms with E-state index in [1.807, 2.05) is 0 Å². The number of carbonyl (C=O) groups is 1. The maximum absolute atomic E-state index is 14.4. The highest BCUT2D eigenvalue weighted by Crippen LogP contribution is 2.30. The van der Waals surface area contributed by atoms with Crippen LogP contribution in [0, 0.1) is 11.6 Å². The summed E-state index contributed by atoms with van der Waals surface area (Å²) in [6, 6.07) is 7.37. The number of rotatable bonds is 4. The van der Waals surface area contributed by atoms with Crippen LogP contribution in [0.5, 0.6) is 0 Å². The van der Waals surface area contributed by atoms with Crippen molar-refractivity contribution in [1.29, 1.82) is 0 Å². The predicted molar refractivity (Wildman–Crippen MR) is 109 cm³/mol. The van der Waals surface area contributed by atoms with Crippen LogP contribution in [0.3, 0.4) is 0 Å². The molecule has 0 spiro atoms. The zero-order valence-corrected chi connectivity index (χ0v) is 15.8. The molecule has 0 radical (unpaired) electrons. The van der Waals surface area contributed by atoms with Crippen molar-refractivity contribution in [3.8, 4) is 0 Å². The molecule has 0 amide bonds. The molecule has 148 valence electrons. The molecule has 4 N–H and O–H groups in total. The highest BCUT2D eigenvalue weighted by Gasteiger charge is 2.25. The van der Waals surface area contributed by atoms with Crippen molar-refractivity contribution in [2.45, 2.75) is 0 Å². The number of nitrogens with two attached hydrogens (primary N) is 1. The summed E-state index contributed by atoms with van der Waals surface area (Å²) in [6.07, 6.45) is 2.64. The van der Waals surface area contributed by atoms with Gasteiger partial charge in [-0.2, -0.15) is 8.75 Å². The molecule has 3 heterocycles. The van der Waals surface area contributed by atoms with E-state index in [2.05, 4.69) is 29.0 Å². The van der Waals surface area contributed by atoms with Gasteiger partial charge in [-0.05, 0) is 30.3 Å². The molecular formula is C19H11F2N7OS. The van der Waals surface area contributed by atoms with Crippen LogP contribution >= 0.6 is 11.7 Å². The van der Waals surface area contributed by atoms with Gasteiger partial charge in [-0.1, -0.05) is 0 Å². The second kappa shape index (κ2) is 6.81. The molecular weight excluding hydrogens is 412 g/mol. The van der Waals surface area contributed by atoms with Crippen LogP contribution < -0.4 is 11.1 Å². The van der Waals surface area contributed by atoms with E-state index in [-0.39, 0.29) is 17.1 Å². The lowest BCUT2D eigenvalue weighted by atomic mass is 10.0. The van der Waals surface area contributed by atoms with Crippen LogP contribution in [0.4, 0.5) is 26.0 Å². The molecule has 0 saturated heterocycles. The molecule has 0 atom stereocenters. The summed E-state index contributed by atoms with van der Waals surface area (Å²) in [5.41, 5.74) is 6.90. The first-order valence-corrected chi connectivity index (χ1v) is 9.35. The molecule has 11 heteroatoms. The molecule has 30 heavy (non-hydrogen) atoms. The van der Waals surface area contributed by atoms with E-state index >= 15 is 0 Å². The minimum atomic E-state index is -1.11. The lowest BCUT2D eigenvalue weighted by Gasteiger charge is -2.09. The Balaban J connectivity index is 1.63. The number of benzene rings is 2. The number of H-pyrrole nitrogens is 1. The van der Waals surface area contributed by atoms with Crippen molar-refractivity contribution in [1.82, 2.24) is 23.7 Å². The summed E-state index contributed by atoms with van der Waals surface area (Å²) < 4.78 is 37.0. The molecule has 0 fully saturated rings. The van der Waals surface area contributed by atoms with E-state index < -0.39 is 23.0 Å². The fourth-order valence-electron chi connectivity index (χ4n) is 3.14. The van der Waals surface area contributed by atoms with Crippen LogP contribution in [-0.2, 0) is 0 Å². The molecule has 0 aliphatic heterocycles. The molecule has 5 rings (SSSR count). The van der Waals surface area contributed by atoms with Crippen molar-refractivity contribution in [3.63, 3.8) is 0 Å². The highest BCUT2D eigenvalue weighted by molar-refractivity contribution is 7.00. The smallest absolute Gasteiger partial charge is 0.201 e. The highest BCUT2D eigenvalue weighted by atomic mass is 32.1. The maximum atomic E-state index is 14.4. The maximum Gasteiger partial charge on any atom is 0.201 e. The first kappa shape index (κ1) is 18.1. The van der Waals surface area contributed by atoms with Gasteiger partial charge in [-0.15, -0.1) is 0 Å². The molecule has 0 unspecified atom stereocenters. The van der Waals surface area contributed by atoms with Crippen molar-refractivity contribution < 1.29 is 13.6 Å². The normalized spacial score (nSPS) is 11.3. The summed E-state index contributed by atoms with van der Waals surface area (Å²) >= 11 is 1.10. The van der Waals surface area contributed by atoms with Crippen LogP contribution in [0.2, 0.25) is 0 Å². The number of anilines is 3. The summed E-state index contributed by atoms with van der Waals surface area (Å²) in [5.74, 6) is -2.70. The first-order valence-electron chi connectivity index (χ1n) is 8.62. The van der Waals surface area contributed by atoms with Crippen molar-refractivity contribution in [2.24, 2.45) is 0 Å². The fourth-order valence-corrected chi connectivity index (χ4v) is 3.66. The number of nitrogen functional groups attached to an aromatic ring is 1. The molecule has 2 aromatic carbocycles. The SMILES string of the molecule is Nc1ccc(F)c(C(=O)c2c[nH]c3ncnc(Nc4ccc5nsnc5c4)c23)c1F. The van der Waals surface area contributed by atoms with Crippen molar-refractivity contribution >= 4 is 56.8 Å². The number of ketones is 1. The third-order valence-electron chi connectivity index (χ3n) is 4.58. The van der Waals surface area contributed by atoms with E-state index in [1.165, 1.54) is 12.5 Å². The number of fused-ring (bicyclic) bond motifs is 2. The third kappa shape index (κ3) is 2.83. The van der Waals surface area contributed by atoms with Gasteiger partial charge < -0.3 is 16.0 Å². The van der Waals surface area contributed by atoms with Crippen LogP contribution in [0.15, 0.2) is 42.9 Å². The standard InChI is InChI=1S/C19H11F2N7OS/c20-10-2-3-11(22)16(21)15(10)17(29)9-6-23-18-14(9)19(25-7-24-18)26-8-1-4-12-13(5-8)28-30-27-12/h1-7H,22H2,(H2,23,24,25,26). The molecule has 0 aliphatic carbocycles. The molecule has 5 aromatic rings. The van der Waals surface area contributed by atoms with Crippen molar-refractivity contribution in [3.05, 3.63) is 65.6 Å². The Morgan fingerprint density at radius 3 is 2.80 bits per heavy atom. The predicted octanol–water partition coefficient (Wildman–Crippen LogP) is 3.80. The van der Waals surface area contributed by atoms with E-state index in [0.717, 1.165) is 29.4 Å². The van der Waals surface area contributed by atoms with Crippen LogP contribution in [0.25, 0.3) is 22.1 Å². The topological polar surface area (TPSA) is 122 Å². The third-order valence-corrected chi connectivity index (χ3v) is 5.14. The fraction of sp³-hybridized carbons (Fsp3) is 0. The zero-order valence-electron chi connectivity index (χ0n) is 15.0. The molecule has 8 nitrogen and oxygen atoms in total. The van der Waals surface area contributed by atoms with Gasteiger partial charge >= 0.3 is 0 Å². The summed E-state index contributed by atoms with van der Waals surface area (Å²) in [7, 11) is 0. The zero-order chi connectivity index (χ0) is 20.8. The number of hydrogen-bond acceptors (Lipinski definition) is 8. The molecule has 3 aromatic heterocycles. The monoisotopic (exact) mass is 423 g/mol. The van der Waals surface area contributed by atoms with Crippen molar-refractivity contribution in [2.75, 3.05) is 11.1 Å². The van der Waals surface area contributed by atoms with E-state index in [4.69, 9.17) is 5.73 Å². The minimum Gasteiger partial charge on any atom is -0.396 e. The Kier molecular flexibility index (Phi) is 4.10. The number of aromatic amines is 1. The van der Waals surface area contributed by atoms with Gasteiger partial charge in [0, 0.05) is 11.9 Å². The van der Waals surface area contributed by atoms with Crippen LogP contribution in [-0.4, -0.2) is 29.5 Å². The number of halogens is 2. The number of hydrogen-bond donors (Lipinski definition) is 3. The Hall–Kier alpha value is -3.99. The van der Waals surface area contributed by atoms with Gasteiger partial charge in [0.05, 0.1) is 33.9 Å². The molecule has 0 saturated carbocycles. The van der Waals surface area contributed by atoms with E-state index in [9.17, 15) is 13.6 Å². The van der Waals surface area contributed by atoms with Gasteiger partial charge in [0.1, 0.15) is 34.6 Å². The van der Waals surface area contributed by atoms with E-state index in [1.54, 1.807) is 18.2 Å². The molecule has 0 bridgehead atoms.